The molecule has 3 N–H and O–H groups in total. The summed E-state index contributed by atoms with van der Waals surface area (Å²) in [5.41, 5.74) is 6.68. The number of nitrogens with one attached hydrogen (secondary N) is 1. The van der Waals surface area contributed by atoms with Gasteiger partial charge in [-0.25, -0.2) is 8.42 Å². The fraction of sp³-hybridized carbons (Fsp3) is 0.278. The standard InChI is InChI=1S/C18H21N3O3S/c19-13-16-7-4-12-21(16)18(22)14-8-10-17(11-9-14)25(23,24)20-15-5-2-1-3-6-15/h1-3,5-6,8-11,16,20H,4,7,12-13,19H2. The molecule has 0 saturated carbocycles. The van der Waals surface area contributed by atoms with Gasteiger partial charge in [0.2, 0.25) is 0 Å². The molecule has 0 bridgehead atoms. The number of amides is 1. The van der Waals surface area contributed by atoms with Gasteiger partial charge in [-0.2, -0.15) is 0 Å². The van der Waals surface area contributed by atoms with Crippen LogP contribution in [0.1, 0.15) is 23.2 Å². The largest absolute Gasteiger partial charge is 0.334 e. The zero-order chi connectivity index (χ0) is 17.9. The Kier molecular flexibility index (Phi) is 5.06. The Bertz CT molecular complexity index is 836. The van der Waals surface area contributed by atoms with Gasteiger partial charge in [0, 0.05) is 30.4 Å². The second kappa shape index (κ2) is 7.25. The van der Waals surface area contributed by atoms with Crippen LogP contribution in [0.3, 0.4) is 0 Å². The van der Waals surface area contributed by atoms with E-state index in [-0.39, 0.29) is 16.8 Å². The lowest BCUT2D eigenvalue weighted by molar-refractivity contribution is 0.0741. The Hall–Kier alpha value is -2.38. The molecule has 1 amide bonds. The first-order valence-corrected chi connectivity index (χ1v) is 9.68. The Morgan fingerprint density at radius 3 is 2.44 bits per heavy atom. The number of nitrogens with zero attached hydrogens (tertiary/aromatic N) is 1. The van der Waals surface area contributed by atoms with Gasteiger partial charge in [0.05, 0.1) is 4.90 Å². The smallest absolute Gasteiger partial charge is 0.261 e. The molecule has 1 unspecified atom stereocenters. The molecule has 1 fully saturated rings. The Morgan fingerprint density at radius 2 is 1.80 bits per heavy atom. The van der Waals surface area contributed by atoms with E-state index in [9.17, 15) is 13.2 Å². The van der Waals surface area contributed by atoms with E-state index in [1.54, 1.807) is 41.3 Å². The predicted molar refractivity (Wildman–Crippen MR) is 96.8 cm³/mol. The van der Waals surface area contributed by atoms with Crippen LogP contribution in [0.15, 0.2) is 59.5 Å². The van der Waals surface area contributed by atoms with Gasteiger partial charge in [-0.05, 0) is 49.2 Å². The zero-order valence-corrected chi connectivity index (χ0v) is 14.6. The van der Waals surface area contributed by atoms with Crippen molar-refractivity contribution < 1.29 is 13.2 Å². The molecular weight excluding hydrogens is 338 g/mol. The number of carbonyl (C=O) groups is 1. The number of para-hydroxylation sites is 1. The summed E-state index contributed by atoms with van der Waals surface area (Å²) >= 11 is 0. The lowest BCUT2D eigenvalue weighted by atomic mass is 10.1. The summed E-state index contributed by atoms with van der Waals surface area (Å²) in [6, 6.07) is 14.7. The van der Waals surface area contributed by atoms with Gasteiger partial charge in [0.15, 0.2) is 0 Å². The van der Waals surface area contributed by atoms with E-state index in [2.05, 4.69) is 4.72 Å². The Morgan fingerprint density at radius 1 is 1.12 bits per heavy atom. The van der Waals surface area contributed by atoms with Gasteiger partial charge in [-0.1, -0.05) is 18.2 Å². The Labute approximate surface area is 147 Å². The second-order valence-electron chi connectivity index (χ2n) is 6.03. The number of likely N-dealkylation sites (tertiary alicyclic amines) is 1. The number of carbonyl (C=O) groups excluding carboxylic acids is 1. The van der Waals surface area contributed by atoms with Crippen LogP contribution in [-0.4, -0.2) is 38.4 Å². The van der Waals surface area contributed by atoms with Crippen molar-refractivity contribution in [2.45, 2.75) is 23.8 Å². The van der Waals surface area contributed by atoms with Crippen molar-refractivity contribution in [2.24, 2.45) is 5.73 Å². The van der Waals surface area contributed by atoms with Crippen LogP contribution < -0.4 is 10.5 Å². The number of nitrogens with two attached hydrogens (primary N) is 1. The first-order chi connectivity index (χ1) is 12.0. The fourth-order valence-electron chi connectivity index (χ4n) is 3.01. The molecule has 1 heterocycles. The summed E-state index contributed by atoms with van der Waals surface area (Å²) in [5.74, 6) is -0.104. The van der Waals surface area contributed by atoms with Crippen molar-refractivity contribution >= 4 is 21.6 Å². The maximum Gasteiger partial charge on any atom is 0.261 e. The molecule has 0 aliphatic carbocycles. The first kappa shape index (κ1) is 17.4. The molecule has 1 aliphatic rings. The quantitative estimate of drug-likeness (QED) is 0.854. The highest BCUT2D eigenvalue weighted by Gasteiger charge is 2.28. The molecule has 0 radical (unpaired) electrons. The second-order valence-corrected chi connectivity index (χ2v) is 7.71. The molecule has 132 valence electrons. The molecule has 1 atom stereocenters. The third kappa shape index (κ3) is 3.83. The lowest BCUT2D eigenvalue weighted by Gasteiger charge is -2.23. The van der Waals surface area contributed by atoms with E-state index in [1.165, 1.54) is 12.1 Å². The number of hydrogen-bond acceptors (Lipinski definition) is 4. The van der Waals surface area contributed by atoms with Crippen molar-refractivity contribution in [3.63, 3.8) is 0 Å². The zero-order valence-electron chi connectivity index (χ0n) is 13.8. The van der Waals surface area contributed by atoms with Gasteiger partial charge in [0.25, 0.3) is 15.9 Å². The molecule has 0 spiro atoms. The van der Waals surface area contributed by atoms with Crippen LogP contribution in [-0.2, 0) is 10.0 Å². The first-order valence-electron chi connectivity index (χ1n) is 8.20. The number of rotatable bonds is 5. The van der Waals surface area contributed by atoms with Crippen LogP contribution in [0.5, 0.6) is 0 Å². The molecule has 2 aromatic rings. The predicted octanol–water partition coefficient (Wildman–Crippen LogP) is 2.05. The fourth-order valence-corrected chi connectivity index (χ4v) is 4.07. The number of sulfonamides is 1. The average Bonchev–Trinajstić information content (AvgIpc) is 3.10. The van der Waals surface area contributed by atoms with E-state index >= 15 is 0 Å². The minimum Gasteiger partial charge on any atom is -0.334 e. The van der Waals surface area contributed by atoms with E-state index in [1.807, 2.05) is 6.07 Å². The minimum absolute atomic E-state index is 0.0654. The normalized spacial score (nSPS) is 17.5. The number of anilines is 1. The number of benzene rings is 2. The summed E-state index contributed by atoms with van der Waals surface area (Å²) < 4.78 is 27.3. The third-order valence-electron chi connectivity index (χ3n) is 4.35. The highest BCUT2D eigenvalue weighted by Crippen LogP contribution is 2.21. The lowest BCUT2D eigenvalue weighted by Crippen LogP contribution is -2.39. The van der Waals surface area contributed by atoms with Crippen LogP contribution >= 0.6 is 0 Å². The van der Waals surface area contributed by atoms with E-state index in [4.69, 9.17) is 5.73 Å². The van der Waals surface area contributed by atoms with Gasteiger partial charge in [-0.15, -0.1) is 0 Å². The van der Waals surface area contributed by atoms with Gasteiger partial charge < -0.3 is 10.6 Å². The molecule has 6 nitrogen and oxygen atoms in total. The maximum absolute atomic E-state index is 12.6. The van der Waals surface area contributed by atoms with Crippen molar-refractivity contribution in [3.8, 4) is 0 Å². The third-order valence-corrected chi connectivity index (χ3v) is 5.74. The molecule has 7 heteroatoms. The van der Waals surface area contributed by atoms with Crippen LogP contribution in [0.25, 0.3) is 0 Å². The summed E-state index contributed by atoms with van der Waals surface area (Å²) in [4.78, 5) is 14.5. The molecular formula is C18H21N3O3S. The van der Waals surface area contributed by atoms with E-state index < -0.39 is 10.0 Å². The van der Waals surface area contributed by atoms with Gasteiger partial charge in [0.1, 0.15) is 0 Å². The van der Waals surface area contributed by atoms with Crippen LogP contribution in [0, 0.1) is 0 Å². The summed E-state index contributed by atoms with van der Waals surface area (Å²) in [6.45, 7) is 1.13. The highest BCUT2D eigenvalue weighted by molar-refractivity contribution is 7.92. The van der Waals surface area contributed by atoms with Gasteiger partial charge in [-0.3, -0.25) is 9.52 Å². The molecule has 0 aromatic heterocycles. The molecule has 1 saturated heterocycles. The SMILES string of the molecule is NCC1CCCN1C(=O)c1ccc(S(=O)(=O)Nc2ccccc2)cc1. The topological polar surface area (TPSA) is 92.5 Å². The molecule has 2 aromatic carbocycles. The summed E-state index contributed by atoms with van der Waals surface area (Å²) in [6.07, 6.45) is 1.86. The van der Waals surface area contributed by atoms with Gasteiger partial charge >= 0.3 is 0 Å². The van der Waals surface area contributed by atoms with Crippen LogP contribution in [0.2, 0.25) is 0 Å². The van der Waals surface area contributed by atoms with Crippen molar-refractivity contribution in [1.82, 2.24) is 4.90 Å². The van der Waals surface area contributed by atoms with Crippen LogP contribution in [0.4, 0.5) is 5.69 Å². The van der Waals surface area contributed by atoms with Crippen molar-refractivity contribution in [2.75, 3.05) is 17.8 Å². The number of hydrogen-bond donors (Lipinski definition) is 2. The molecule has 3 rings (SSSR count). The summed E-state index contributed by atoms with van der Waals surface area (Å²) in [7, 11) is -3.69. The van der Waals surface area contributed by atoms with Crippen molar-refractivity contribution in [1.29, 1.82) is 0 Å². The monoisotopic (exact) mass is 359 g/mol. The average molecular weight is 359 g/mol. The molecule has 1 aliphatic heterocycles. The van der Waals surface area contributed by atoms with E-state index in [0.717, 1.165) is 12.8 Å². The van der Waals surface area contributed by atoms with Crippen molar-refractivity contribution in [3.05, 3.63) is 60.2 Å². The maximum atomic E-state index is 12.6. The highest BCUT2D eigenvalue weighted by atomic mass is 32.2. The minimum atomic E-state index is -3.69. The molecule has 25 heavy (non-hydrogen) atoms. The Balaban J connectivity index is 1.76. The van der Waals surface area contributed by atoms with E-state index in [0.29, 0.717) is 24.3 Å². The summed E-state index contributed by atoms with van der Waals surface area (Å²) in [5, 5.41) is 0.